The van der Waals surface area contributed by atoms with Crippen molar-refractivity contribution in [1.29, 1.82) is 0 Å². The van der Waals surface area contributed by atoms with Gasteiger partial charge in [-0.2, -0.15) is 0 Å². The Bertz CT molecular complexity index is 557. The minimum Gasteiger partial charge on any atom is -0.483 e. The summed E-state index contributed by atoms with van der Waals surface area (Å²) in [6.45, 7) is 5.09. The summed E-state index contributed by atoms with van der Waals surface area (Å²) >= 11 is 0. The number of carboxylic acids is 1. The van der Waals surface area contributed by atoms with Crippen LogP contribution < -0.4 is 0 Å². The van der Waals surface area contributed by atoms with Crippen molar-refractivity contribution in [2.45, 2.75) is 26.3 Å². The lowest BCUT2D eigenvalue weighted by Gasteiger charge is -2.36. The standard InChI is InChI=1S/C15H21N3O3.CH2O2/c1-11-16-6-12(7-17-11)8-18-9-13(14(19)20)15(10-18)2-4-21-5-3-15;2-1-3/h6-7,13H,2-5,8-10H2,1H3,(H,19,20);1H,(H,2,3). The number of aliphatic carboxylic acids is 1. The average Bonchev–Trinajstić information content (AvgIpc) is 2.89. The third-order valence-corrected chi connectivity index (χ3v) is 4.75. The van der Waals surface area contributed by atoms with E-state index in [2.05, 4.69) is 14.9 Å². The first kappa shape index (κ1) is 18.3. The second kappa shape index (κ2) is 8.16. The summed E-state index contributed by atoms with van der Waals surface area (Å²) in [6, 6.07) is 0. The van der Waals surface area contributed by atoms with E-state index in [0.717, 1.165) is 30.8 Å². The van der Waals surface area contributed by atoms with Gasteiger partial charge in [0.1, 0.15) is 5.82 Å². The fourth-order valence-corrected chi connectivity index (χ4v) is 3.58. The zero-order valence-electron chi connectivity index (χ0n) is 13.7. The van der Waals surface area contributed by atoms with Gasteiger partial charge in [0.05, 0.1) is 5.92 Å². The SMILES string of the molecule is Cc1ncc(CN2CC(C(=O)O)C3(CCOCC3)C2)cn1.O=CO. The van der Waals surface area contributed by atoms with Gasteiger partial charge in [0.15, 0.2) is 0 Å². The topological polar surface area (TPSA) is 113 Å². The molecule has 1 aromatic heterocycles. The van der Waals surface area contributed by atoms with Crippen LogP contribution in [0.3, 0.4) is 0 Å². The fraction of sp³-hybridized carbons (Fsp3) is 0.625. The van der Waals surface area contributed by atoms with Gasteiger partial charge in [-0.25, -0.2) is 9.97 Å². The molecule has 2 fully saturated rings. The van der Waals surface area contributed by atoms with Crippen molar-refractivity contribution >= 4 is 12.4 Å². The number of rotatable bonds is 3. The summed E-state index contributed by atoms with van der Waals surface area (Å²) < 4.78 is 5.42. The molecule has 0 aromatic carbocycles. The van der Waals surface area contributed by atoms with Crippen LogP contribution in [-0.2, 0) is 20.9 Å². The molecule has 1 atom stereocenters. The van der Waals surface area contributed by atoms with Crippen LogP contribution in [0.25, 0.3) is 0 Å². The lowest BCUT2D eigenvalue weighted by molar-refractivity contribution is -0.147. The quantitative estimate of drug-likeness (QED) is 0.779. The molecule has 2 aliphatic heterocycles. The highest BCUT2D eigenvalue weighted by Gasteiger charge is 2.50. The first-order chi connectivity index (χ1) is 11.5. The highest BCUT2D eigenvalue weighted by Crippen LogP contribution is 2.44. The summed E-state index contributed by atoms with van der Waals surface area (Å²) in [5, 5.41) is 16.4. The number of hydrogen-bond acceptors (Lipinski definition) is 6. The van der Waals surface area contributed by atoms with Gasteiger partial charge in [0.25, 0.3) is 6.47 Å². The van der Waals surface area contributed by atoms with E-state index in [4.69, 9.17) is 14.6 Å². The van der Waals surface area contributed by atoms with E-state index in [1.807, 2.05) is 19.3 Å². The van der Waals surface area contributed by atoms with E-state index in [1.165, 1.54) is 0 Å². The molecule has 0 bridgehead atoms. The Balaban J connectivity index is 0.000000647. The van der Waals surface area contributed by atoms with Gasteiger partial charge >= 0.3 is 5.97 Å². The van der Waals surface area contributed by atoms with Gasteiger partial charge in [0, 0.05) is 56.2 Å². The second-order valence-electron chi connectivity index (χ2n) is 6.28. The lowest BCUT2D eigenvalue weighted by atomic mass is 9.72. The first-order valence-corrected chi connectivity index (χ1v) is 7.89. The van der Waals surface area contributed by atoms with E-state index < -0.39 is 5.97 Å². The van der Waals surface area contributed by atoms with E-state index in [1.54, 1.807) is 0 Å². The molecule has 3 rings (SSSR count). The van der Waals surface area contributed by atoms with Crippen molar-refractivity contribution in [2.75, 3.05) is 26.3 Å². The molecule has 8 heteroatoms. The summed E-state index contributed by atoms with van der Waals surface area (Å²) in [5.41, 5.74) is 0.907. The summed E-state index contributed by atoms with van der Waals surface area (Å²) in [6.07, 6.45) is 5.33. The molecule has 1 unspecified atom stereocenters. The van der Waals surface area contributed by atoms with Crippen molar-refractivity contribution in [1.82, 2.24) is 14.9 Å². The molecule has 8 nitrogen and oxygen atoms in total. The lowest BCUT2D eigenvalue weighted by Crippen LogP contribution is -2.40. The second-order valence-corrected chi connectivity index (χ2v) is 6.28. The average molecular weight is 337 g/mol. The monoisotopic (exact) mass is 337 g/mol. The molecule has 0 aliphatic carbocycles. The minimum absolute atomic E-state index is 0.129. The number of hydrogen-bond donors (Lipinski definition) is 2. The number of nitrogens with zero attached hydrogens (tertiary/aromatic N) is 3. The van der Waals surface area contributed by atoms with Crippen molar-refractivity contribution < 1.29 is 24.5 Å². The number of aryl methyl sites for hydroxylation is 1. The van der Waals surface area contributed by atoms with Crippen LogP contribution >= 0.6 is 0 Å². The molecule has 1 aromatic rings. The van der Waals surface area contributed by atoms with Crippen LogP contribution in [0.4, 0.5) is 0 Å². The van der Waals surface area contributed by atoms with Crippen LogP contribution in [-0.4, -0.2) is 63.8 Å². The minimum atomic E-state index is -0.681. The Morgan fingerprint density at radius 2 is 2.00 bits per heavy atom. The Morgan fingerprint density at radius 1 is 1.42 bits per heavy atom. The molecule has 2 N–H and O–H groups in total. The van der Waals surface area contributed by atoms with Crippen LogP contribution in [0, 0.1) is 18.3 Å². The van der Waals surface area contributed by atoms with E-state index in [-0.39, 0.29) is 17.8 Å². The molecule has 1 spiro atoms. The van der Waals surface area contributed by atoms with Crippen molar-refractivity contribution in [3.05, 3.63) is 23.8 Å². The molecule has 0 radical (unpaired) electrons. The van der Waals surface area contributed by atoms with Gasteiger partial charge in [0.2, 0.25) is 0 Å². The highest BCUT2D eigenvalue weighted by molar-refractivity contribution is 5.72. The molecule has 132 valence electrons. The smallest absolute Gasteiger partial charge is 0.308 e. The Morgan fingerprint density at radius 3 is 2.54 bits per heavy atom. The summed E-state index contributed by atoms with van der Waals surface area (Å²) in [5.74, 6) is -0.225. The molecule has 2 saturated heterocycles. The third kappa shape index (κ3) is 4.27. The predicted molar refractivity (Wildman–Crippen MR) is 84.4 cm³/mol. The van der Waals surface area contributed by atoms with Crippen molar-refractivity contribution in [3.8, 4) is 0 Å². The van der Waals surface area contributed by atoms with Gasteiger partial charge in [-0.1, -0.05) is 0 Å². The largest absolute Gasteiger partial charge is 0.483 e. The molecular weight excluding hydrogens is 314 g/mol. The van der Waals surface area contributed by atoms with Crippen molar-refractivity contribution in [2.24, 2.45) is 11.3 Å². The fourth-order valence-electron chi connectivity index (χ4n) is 3.58. The maximum atomic E-state index is 11.6. The zero-order chi connectivity index (χ0) is 17.6. The van der Waals surface area contributed by atoms with Crippen LogP contribution in [0.2, 0.25) is 0 Å². The van der Waals surface area contributed by atoms with Crippen LogP contribution in [0.15, 0.2) is 12.4 Å². The number of ether oxygens (including phenoxy) is 1. The summed E-state index contributed by atoms with van der Waals surface area (Å²) in [4.78, 5) is 30.6. The molecule has 0 amide bonds. The maximum Gasteiger partial charge on any atom is 0.308 e. The van der Waals surface area contributed by atoms with Gasteiger partial charge in [-0.3, -0.25) is 14.5 Å². The maximum absolute atomic E-state index is 11.6. The van der Waals surface area contributed by atoms with Gasteiger partial charge in [-0.05, 0) is 19.8 Å². The summed E-state index contributed by atoms with van der Waals surface area (Å²) in [7, 11) is 0. The predicted octanol–water partition coefficient (Wildman–Crippen LogP) is 0.799. The number of carboxylic acid groups (broad SMARTS) is 2. The number of aromatic nitrogens is 2. The number of likely N-dealkylation sites (tertiary alicyclic amines) is 1. The molecular formula is C16H23N3O5. The van der Waals surface area contributed by atoms with Crippen LogP contribution in [0.5, 0.6) is 0 Å². The zero-order valence-corrected chi connectivity index (χ0v) is 13.7. The van der Waals surface area contributed by atoms with E-state index in [0.29, 0.717) is 26.3 Å². The van der Waals surface area contributed by atoms with Gasteiger partial charge < -0.3 is 14.9 Å². The highest BCUT2D eigenvalue weighted by atomic mass is 16.5. The van der Waals surface area contributed by atoms with E-state index in [9.17, 15) is 9.90 Å². The molecule has 2 aliphatic rings. The molecule has 0 saturated carbocycles. The molecule has 3 heterocycles. The Kier molecular flexibility index (Phi) is 6.22. The first-order valence-electron chi connectivity index (χ1n) is 7.89. The Labute approximate surface area is 140 Å². The van der Waals surface area contributed by atoms with Gasteiger partial charge in [-0.15, -0.1) is 0 Å². The number of carbonyl (C=O) groups is 2. The van der Waals surface area contributed by atoms with Crippen molar-refractivity contribution in [3.63, 3.8) is 0 Å². The Hall–Kier alpha value is -2.06. The normalized spacial score (nSPS) is 22.6. The van der Waals surface area contributed by atoms with E-state index >= 15 is 0 Å². The third-order valence-electron chi connectivity index (χ3n) is 4.75. The molecule has 24 heavy (non-hydrogen) atoms. The van der Waals surface area contributed by atoms with Crippen LogP contribution in [0.1, 0.15) is 24.2 Å².